The molecule has 2 aliphatic rings. The largest absolute Gasteiger partial charge is 0.381 e. The van der Waals surface area contributed by atoms with Crippen LogP contribution in [0.5, 0.6) is 0 Å². The van der Waals surface area contributed by atoms with E-state index in [1.807, 2.05) is 20.8 Å². The van der Waals surface area contributed by atoms with Crippen molar-refractivity contribution in [1.82, 2.24) is 10.2 Å². The van der Waals surface area contributed by atoms with Gasteiger partial charge in [0.05, 0.1) is 13.2 Å². The molecular formula is C16H32IN3O2S. The summed E-state index contributed by atoms with van der Waals surface area (Å²) in [6.45, 7) is 13.5. The Morgan fingerprint density at radius 1 is 1.39 bits per heavy atom. The number of ether oxygens (including phenoxy) is 1. The van der Waals surface area contributed by atoms with Crippen molar-refractivity contribution in [3.63, 3.8) is 0 Å². The number of nitrogens with one attached hydrogen (secondary N) is 1. The maximum absolute atomic E-state index is 12.1. The normalized spacial score (nSPS) is 26.4. The molecule has 2 fully saturated rings. The van der Waals surface area contributed by atoms with Crippen LogP contribution in [-0.2, 0) is 15.5 Å². The van der Waals surface area contributed by atoms with E-state index in [4.69, 9.17) is 9.73 Å². The molecule has 2 saturated heterocycles. The lowest BCUT2D eigenvalue weighted by molar-refractivity contribution is 0.156. The highest BCUT2D eigenvalue weighted by Gasteiger charge is 2.42. The first-order chi connectivity index (χ1) is 10.4. The Bertz CT molecular complexity index is 432. The van der Waals surface area contributed by atoms with E-state index in [9.17, 15) is 4.21 Å². The van der Waals surface area contributed by atoms with Crippen molar-refractivity contribution in [2.75, 3.05) is 45.1 Å². The number of nitrogens with zero attached hydrogens (tertiary/aromatic N) is 2. The number of hydrogen-bond donors (Lipinski definition) is 1. The fourth-order valence-corrected chi connectivity index (χ4v) is 3.92. The van der Waals surface area contributed by atoms with Crippen molar-refractivity contribution >= 4 is 40.7 Å². The molecule has 1 N–H and O–H groups in total. The summed E-state index contributed by atoms with van der Waals surface area (Å²) in [5.74, 6) is 1.60. The second-order valence-corrected chi connectivity index (χ2v) is 9.70. The summed E-state index contributed by atoms with van der Waals surface area (Å²) in [5, 5.41) is 3.38. The van der Waals surface area contributed by atoms with Gasteiger partial charge in [0.15, 0.2) is 5.96 Å². The zero-order chi connectivity index (χ0) is 16.2. The van der Waals surface area contributed by atoms with E-state index in [0.717, 1.165) is 45.2 Å². The van der Waals surface area contributed by atoms with E-state index in [1.54, 1.807) is 0 Å². The molecule has 1 spiro atoms. The molecule has 0 radical (unpaired) electrons. The Morgan fingerprint density at radius 3 is 2.70 bits per heavy atom. The molecule has 2 unspecified atom stereocenters. The molecule has 23 heavy (non-hydrogen) atoms. The smallest absolute Gasteiger partial charge is 0.193 e. The Labute approximate surface area is 160 Å². The molecule has 136 valence electrons. The highest BCUT2D eigenvalue weighted by molar-refractivity contribution is 14.0. The Morgan fingerprint density at radius 2 is 2.13 bits per heavy atom. The number of guanidine groups is 1. The van der Waals surface area contributed by atoms with Gasteiger partial charge in [-0.1, -0.05) is 0 Å². The highest BCUT2D eigenvalue weighted by atomic mass is 127. The molecule has 2 heterocycles. The SMILES string of the molecule is CCNC(=NCCS(=O)C(C)(C)C)N1CCC2(CCOC2)C1.I. The van der Waals surface area contributed by atoms with Crippen LogP contribution in [0.2, 0.25) is 0 Å². The minimum absolute atomic E-state index is 0. The Hall–Kier alpha value is 0.110. The lowest BCUT2D eigenvalue weighted by Crippen LogP contribution is -2.41. The van der Waals surface area contributed by atoms with Gasteiger partial charge >= 0.3 is 0 Å². The summed E-state index contributed by atoms with van der Waals surface area (Å²) in [6.07, 6.45) is 2.35. The van der Waals surface area contributed by atoms with Crippen molar-refractivity contribution in [2.45, 2.75) is 45.3 Å². The number of rotatable bonds is 4. The van der Waals surface area contributed by atoms with Crippen molar-refractivity contribution in [1.29, 1.82) is 0 Å². The first-order valence-corrected chi connectivity index (χ1v) is 9.68. The molecule has 0 aromatic rings. The quantitative estimate of drug-likeness (QED) is 0.400. The standard InChI is InChI=1S/C16H31N3O2S.HI/c1-5-17-14(18-8-11-22(20)15(2,3)4)19-9-6-16(12-19)7-10-21-13-16;/h5-13H2,1-4H3,(H,17,18);1H. The zero-order valence-corrected chi connectivity index (χ0v) is 18.0. The second-order valence-electron chi connectivity index (χ2n) is 7.37. The van der Waals surface area contributed by atoms with Crippen molar-refractivity contribution in [3.8, 4) is 0 Å². The van der Waals surface area contributed by atoms with Crippen LogP contribution >= 0.6 is 24.0 Å². The highest BCUT2D eigenvalue weighted by Crippen LogP contribution is 2.38. The van der Waals surface area contributed by atoms with Gasteiger partial charge in [0.1, 0.15) is 0 Å². The third-order valence-electron chi connectivity index (χ3n) is 4.48. The molecule has 2 atom stereocenters. The van der Waals surface area contributed by atoms with E-state index >= 15 is 0 Å². The maximum atomic E-state index is 12.1. The molecule has 0 saturated carbocycles. The molecule has 0 aliphatic carbocycles. The minimum Gasteiger partial charge on any atom is -0.381 e. The van der Waals surface area contributed by atoms with Crippen LogP contribution in [0.4, 0.5) is 0 Å². The van der Waals surface area contributed by atoms with E-state index in [2.05, 4.69) is 17.1 Å². The zero-order valence-electron chi connectivity index (χ0n) is 14.9. The van der Waals surface area contributed by atoms with Gasteiger partial charge in [0.25, 0.3) is 0 Å². The summed E-state index contributed by atoms with van der Waals surface area (Å²) in [6, 6.07) is 0. The predicted molar refractivity (Wildman–Crippen MR) is 108 cm³/mol. The average molecular weight is 457 g/mol. The summed E-state index contributed by atoms with van der Waals surface area (Å²) >= 11 is 0. The number of aliphatic imine (C=N–C) groups is 1. The van der Waals surface area contributed by atoms with Crippen LogP contribution in [0.3, 0.4) is 0 Å². The van der Waals surface area contributed by atoms with Gasteiger partial charge in [-0.3, -0.25) is 9.20 Å². The molecule has 0 amide bonds. The topological polar surface area (TPSA) is 53.9 Å². The first kappa shape index (κ1) is 21.2. The molecular weight excluding hydrogens is 425 g/mol. The summed E-state index contributed by atoms with van der Waals surface area (Å²) < 4.78 is 17.6. The minimum atomic E-state index is -0.841. The van der Waals surface area contributed by atoms with Crippen LogP contribution in [-0.4, -0.2) is 65.0 Å². The maximum Gasteiger partial charge on any atom is 0.193 e. The van der Waals surface area contributed by atoms with Gasteiger partial charge in [0, 0.05) is 53.0 Å². The molecule has 0 bridgehead atoms. The Kier molecular flexibility index (Phi) is 8.27. The lowest BCUT2D eigenvalue weighted by Gasteiger charge is -2.25. The third-order valence-corrected chi connectivity index (χ3v) is 6.40. The monoisotopic (exact) mass is 457 g/mol. The fourth-order valence-electron chi connectivity index (χ4n) is 3.05. The Balaban J connectivity index is 0.00000264. The summed E-state index contributed by atoms with van der Waals surface area (Å²) in [5.41, 5.74) is 0.338. The van der Waals surface area contributed by atoms with Crippen molar-refractivity contribution in [3.05, 3.63) is 0 Å². The molecule has 0 aromatic carbocycles. The van der Waals surface area contributed by atoms with Gasteiger partial charge < -0.3 is 15.0 Å². The van der Waals surface area contributed by atoms with Gasteiger partial charge in [-0.05, 0) is 40.5 Å². The summed E-state index contributed by atoms with van der Waals surface area (Å²) in [7, 11) is -0.841. The van der Waals surface area contributed by atoms with Gasteiger partial charge in [-0.25, -0.2) is 0 Å². The fraction of sp³-hybridized carbons (Fsp3) is 0.938. The molecule has 2 aliphatic heterocycles. The van der Waals surface area contributed by atoms with Gasteiger partial charge in [-0.15, -0.1) is 24.0 Å². The number of hydrogen-bond acceptors (Lipinski definition) is 3. The van der Waals surface area contributed by atoms with Crippen LogP contribution in [0.1, 0.15) is 40.5 Å². The third kappa shape index (κ3) is 5.85. The van der Waals surface area contributed by atoms with Gasteiger partial charge in [-0.2, -0.15) is 0 Å². The van der Waals surface area contributed by atoms with Crippen LogP contribution < -0.4 is 5.32 Å². The molecule has 0 aromatic heterocycles. The van der Waals surface area contributed by atoms with Crippen molar-refractivity contribution < 1.29 is 8.95 Å². The van der Waals surface area contributed by atoms with Crippen LogP contribution in [0, 0.1) is 5.41 Å². The van der Waals surface area contributed by atoms with E-state index < -0.39 is 10.8 Å². The molecule has 2 rings (SSSR count). The summed E-state index contributed by atoms with van der Waals surface area (Å²) in [4.78, 5) is 7.05. The van der Waals surface area contributed by atoms with E-state index in [1.165, 1.54) is 6.42 Å². The average Bonchev–Trinajstić information content (AvgIpc) is 3.07. The molecule has 7 heteroatoms. The number of likely N-dealkylation sites (tertiary alicyclic amines) is 1. The van der Waals surface area contributed by atoms with E-state index in [0.29, 0.717) is 17.7 Å². The molecule has 5 nitrogen and oxygen atoms in total. The first-order valence-electron chi connectivity index (χ1n) is 8.36. The lowest BCUT2D eigenvalue weighted by atomic mass is 9.87. The van der Waals surface area contributed by atoms with Crippen LogP contribution in [0.15, 0.2) is 4.99 Å². The van der Waals surface area contributed by atoms with Crippen LogP contribution in [0.25, 0.3) is 0 Å². The predicted octanol–water partition coefficient (Wildman–Crippen LogP) is 2.23. The van der Waals surface area contributed by atoms with Gasteiger partial charge in [0.2, 0.25) is 0 Å². The van der Waals surface area contributed by atoms with Crippen molar-refractivity contribution in [2.24, 2.45) is 10.4 Å². The second kappa shape index (κ2) is 8.99. The number of halogens is 1. The van der Waals surface area contributed by atoms with E-state index in [-0.39, 0.29) is 28.7 Å².